The standard InChI is InChI=1S/C21H23Cl2N3O4S/c22-18-11-10-17(12-19(18)23)31(29,30)24-13-14-6-8-16(9-7-14)21(28)26-25-20(27)15-4-2-1-3-5-15/h1-5,10-12,14,16,24H,6-9,13H2,(H,25,27)(H,26,28). The first kappa shape index (κ1) is 23.5. The molecule has 0 bridgehead atoms. The van der Waals surface area contributed by atoms with Gasteiger partial charge < -0.3 is 0 Å². The lowest BCUT2D eigenvalue weighted by molar-refractivity contribution is -0.127. The van der Waals surface area contributed by atoms with Gasteiger partial charge in [0.05, 0.1) is 14.9 Å². The van der Waals surface area contributed by atoms with E-state index in [1.165, 1.54) is 18.2 Å². The van der Waals surface area contributed by atoms with Crippen LogP contribution in [0.25, 0.3) is 0 Å². The van der Waals surface area contributed by atoms with Crippen LogP contribution in [0.3, 0.4) is 0 Å². The second-order valence-corrected chi connectivity index (χ2v) is 10.0. The Hall–Kier alpha value is -2.13. The van der Waals surface area contributed by atoms with Crippen LogP contribution >= 0.6 is 23.2 Å². The third kappa shape index (κ3) is 6.43. The Bertz CT molecular complexity index is 1040. The van der Waals surface area contributed by atoms with E-state index in [0.717, 1.165) is 0 Å². The van der Waals surface area contributed by atoms with Crippen LogP contribution in [-0.2, 0) is 14.8 Å². The molecule has 0 heterocycles. The first-order valence-corrected chi connectivity index (χ1v) is 12.1. The molecule has 0 aliphatic heterocycles. The Morgan fingerprint density at radius 1 is 0.903 bits per heavy atom. The summed E-state index contributed by atoms with van der Waals surface area (Å²) in [5, 5.41) is 0.465. The van der Waals surface area contributed by atoms with Crippen molar-refractivity contribution in [2.24, 2.45) is 11.8 Å². The Balaban J connectivity index is 1.43. The number of nitrogens with one attached hydrogen (secondary N) is 3. The predicted molar refractivity (Wildman–Crippen MR) is 119 cm³/mol. The minimum Gasteiger partial charge on any atom is -0.273 e. The molecule has 3 N–H and O–H groups in total. The highest BCUT2D eigenvalue weighted by Gasteiger charge is 2.27. The molecule has 166 valence electrons. The number of hydrogen-bond acceptors (Lipinski definition) is 4. The number of carbonyl (C=O) groups is 2. The van der Waals surface area contributed by atoms with Gasteiger partial charge >= 0.3 is 0 Å². The largest absolute Gasteiger partial charge is 0.273 e. The SMILES string of the molecule is O=C(NNC(=O)C1CCC(CNS(=O)(=O)c2ccc(Cl)c(Cl)c2)CC1)c1ccccc1. The van der Waals surface area contributed by atoms with E-state index in [2.05, 4.69) is 15.6 Å². The highest BCUT2D eigenvalue weighted by atomic mass is 35.5. The summed E-state index contributed by atoms with van der Waals surface area (Å²) in [6, 6.07) is 12.8. The zero-order valence-electron chi connectivity index (χ0n) is 16.6. The summed E-state index contributed by atoms with van der Waals surface area (Å²) in [6.07, 6.45) is 2.64. The molecule has 2 amide bonds. The van der Waals surface area contributed by atoms with Crippen LogP contribution in [0.15, 0.2) is 53.4 Å². The van der Waals surface area contributed by atoms with E-state index in [0.29, 0.717) is 31.2 Å². The normalized spacial score (nSPS) is 18.9. The van der Waals surface area contributed by atoms with Gasteiger partial charge in [-0.05, 0) is 61.9 Å². The zero-order chi connectivity index (χ0) is 22.4. The van der Waals surface area contributed by atoms with Gasteiger partial charge in [-0.2, -0.15) is 0 Å². The predicted octanol–water partition coefficient (Wildman–Crippen LogP) is 3.54. The van der Waals surface area contributed by atoms with Gasteiger partial charge in [0.15, 0.2) is 0 Å². The van der Waals surface area contributed by atoms with Crippen molar-refractivity contribution in [2.45, 2.75) is 30.6 Å². The molecule has 0 saturated heterocycles. The number of rotatable bonds is 6. The second kappa shape index (κ2) is 10.5. The number of benzene rings is 2. The average Bonchev–Trinajstić information content (AvgIpc) is 2.78. The molecule has 2 aromatic rings. The van der Waals surface area contributed by atoms with Gasteiger partial charge in [0, 0.05) is 18.0 Å². The van der Waals surface area contributed by atoms with Crippen molar-refractivity contribution in [3.8, 4) is 0 Å². The van der Waals surface area contributed by atoms with E-state index in [-0.39, 0.29) is 45.1 Å². The van der Waals surface area contributed by atoms with Crippen LogP contribution in [0.5, 0.6) is 0 Å². The summed E-state index contributed by atoms with van der Waals surface area (Å²) in [5.41, 5.74) is 5.37. The molecule has 0 atom stereocenters. The van der Waals surface area contributed by atoms with Gasteiger partial charge in [0.1, 0.15) is 0 Å². The molecule has 10 heteroatoms. The molecule has 2 aromatic carbocycles. The Morgan fingerprint density at radius 2 is 1.58 bits per heavy atom. The van der Waals surface area contributed by atoms with Crippen LogP contribution in [0.1, 0.15) is 36.0 Å². The van der Waals surface area contributed by atoms with E-state index < -0.39 is 10.0 Å². The Kier molecular flexibility index (Phi) is 7.94. The molecular weight excluding hydrogens is 461 g/mol. The van der Waals surface area contributed by atoms with Crippen molar-refractivity contribution in [1.82, 2.24) is 15.6 Å². The topological polar surface area (TPSA) is 104 Å². The fraction of sp³-hybridized carbons (Fsp3) is 0.333. The molecule has 1 saturated carbocycles. The van der Waals surface area contributed by atoms with Crippen LogP contribution in [-0.4, -0.2) is 26.8 Å². The maximum Gasteiger partial charge on any atom is 0.269 e. The van der Waals surface area contributed by atoms with Crippen LogP contribution in [0, 0.1) is 11.8 Å². The maximum absolute atomic E-state index is 12.5. The quantitative estimate of drug-likeness (QED) is 0.546. The average molecular weight is 484 g/mol. The fourth-order valence-corrected chi connectivity index (χ4v) is 4.97. The lowest BCUT2D eigenvalue weighted by Gasteiger charge is -2.27. The van der Waals surface area contributed by atoms with Crippen molar-refractivity contribution in [3.63, 3.8) is 0 Å². The van der Waals surface area contributed by atoms with Gasteiger partial charge in [0.25, 0.3) is 5.91 Å². The number of carbonyl (C=O) groups excluding carboxylic acids is 2. The summed E-state index contributed by atoms with van der Waals surface area (Å²) in [5.74, 6) is -0.710. The van der Waals surface area contributed by atoms with Crippen molar-refractivity contribution in [3.05, 3.63) is 64.1 Å². The zero-order valence-corrected chi connectivity index (χ0v) is 18.9. The third-order valence-electron chi connectivity index (χ3n) is 5.32. The van der Waals surface area contributed by atoms with E-state index in [4.69, 9.17) is 23.2 Å². The van der Waals surface area contributed by atoms with E-state index in [1.54, 1.807) is 30.3 Å². The van der Waals surface area contributed by atoms with Crippen LogP contribution in [0.2, 0.25) is 10.0 Å². The fourth-order valence-electron chi connectivity index (χ4n) is 3.47. The molecule has 0 aromatic heterocycles. The monoisotopic (exact) mass is 483 g/mol. The number of halogens is 2. The van der Waals surface area contributed by atoms with Gasteiger partial charge in [-0.3, -0.25) is 20.4 Å². The molecule has 1 fully saturated rings. The second-order valence-electron chi connectivity index (χ2n) is 7.45. The summed E-state index contributed by atoms with van der Waals surface area (Å²) < 4.78 is 27.5. The summed E-state index contributed by atoms with van der Waals surface area (Å²) in [7, 11) is -3.69. The van der Waals surface area contributed by atoms with E-state index >= 15 is 0 Å². The minimum absolute atomic E-state index is 0.0594. The van der Waals surface area contributed by atoms with E-state index in [9.17, 15) is 18.0 Å². The summed E-state index contributed by atoms with van der Waals surface area (Å²) >= 11 is 11.7. The van der Waals surface area contributed by atoms with E-state index in [1.807, 2.05) is 0 Å². The molecule has 1 aliphatic carbocycles. The van der Waals surface area contributed by atoms with Gasteiger partial charge in [-0.1, -0.05) is 41.4 Å². The molecule has 31 heavy (non-hydrogen) atoms. The lowest BCUT2D eigenvalue weighted by atomic mass is 9.82. The number of amides is 2. The summed E-state index contributed by atoms with van der Waals surface area (Å²) in [4.78, 5) is 24.4. The van der Waals surface area contributed by atoms with Gasteiger partial charge in [-0.25, -0.2) is 13.1 Å². The third-order valence-corrected chi connectivity index (χ3v) is 7.48. The first-order chi connectivity index (χ1) is 14.8. The lowest BCUT2D eigenvalue weighted by Crippen LogP contribution is -2.45. The number of sulfonamides is 1. The number of hydrazine groups is 1. The van der Waals surface area contributed by atoms with Crippen LogP contribution < -0.4 is 15.6 Å². The molecule has 0 spiro atoms. The number of hydrogen-bond donors (Lipinski definition) is 3. The molecule has 7 nitrogen and oxygen atoms in total. The minimum atomic E-state index is -3.69. The summed E-state index contributed by atoms with van der Waals surface area (Å²) in [6.45, 7) is 0.279. The van der Waals surface area contributed by atoms with Crippen molar-refractivity contribution < 1.29 is 18.0 Å². The van der Waals surface area contributed by atoms with Crippen molar-refractivity contribution >= 4 is 45.0 Å². The molecular formula is C21H23Cl2N3O4S. The molecule has 0 unspecified atom stereocenters. The molecule has 0 radical (unpaired) electrons. The van der Waals surface area contributed by atoms with Gasteiger partial charge in [0.2, 0.25) is 15.9 Å². The van der Waals surface area contributed by atoms with Crippen LogP contribution in [0.4, 0.5) is 0 Å². The highest BCUT2D eigenvalue weighted by Crippen LogP contribution is 2.29. The first-order valence-electron chi connectivity index (χ1n) is 9.86. The maximum atomic E-state index is 12.5. The van der Waals surface area contributed by atoms with Crippen molar-refractivity contribution in [1.29, 1.82) is 0 Å². The highest BCUT2D eigenvalue weighted by molar-refractivity contribution is 7.89. The van der Waals surface area contributed by atoms with Gasteiger partial charge in [-0.15, -0.1) is 0 Å². The smallest absolute Gasteiger partial charge is 0.269 e. The Morgan fingerprint density at radius 3 is 2.23 bits per heavy atom. The molecule has 1 aliphatic rings. The molecule has 3 rings (SSSR count). The van der Waals surface area contributed by atoms with Crippen molar-refractivity contribution in [2.75, 3.05) is 6.54 Å². The Labute approximate surface area is 191 Å².